The molecule has 1 aliphatic heterocycles. The summed E-state index contributed by atoms with van der Waals surface area (Å²) in [6.07, 6.45) is 0.174. The molecule has 8 heteroatoms. The Hall–Kier alpha value is -2.38. The zero-order valence-corrected chi connectivity index (χ0v) is 10.6. The van der Waals surface area contributed by atoms with Crippen LogP contribution in [0.4, 0.5) is 5.95 Å². The fourth-order valence-corrected chi connectivity index (χ4v) is 1.67. The van der Waals surface area contributed by atoms with Crippen molar-refractivity contribution >= 4 is 17.8 Å². The summed E-state index contributed by atoms with van der Waals surface area (Å²) in [7, 11) is 2.90. The van der Waals surface area contributed by atoms with Gasteiger partial charge in [-0.1, -0.05) is 0 Å². The minimum absolute atomic E-state index is 0.0838. The van der Waals surface area contributed by atoms with Crippen molar-refractivity contribution in [2.75, 3.05) is 26.1 Å². The van der Waals surface area contributed by atoms with Gasteiger partial charge in [-0.2, -0.15) is 9.97 Å². The number of hydrogen-bond donors (Lipinski definition) is 2. The Morgan fingerprint density at radius 2 is 2.00 bits per heavy atom. The largest absolute Gasteiger partial charge is 0.481 e. The van der Waals surface area contributed by atoms with Crippen LogP contribution in [0, 0.1) is 5.92 Å². The number of carbonyl (C=O) groups excluding carboxylic acids is 2. The highest BCUT2D eigenvalue weighted by atomic mass is 16.5. The number of methoxy groups -OCH3 is 2. The fourth-order valence-electron chi connectivity index (χ4n) is 1.67. The maximum Gasteiger partial charge on any atom is 0.236 e. The molecule has 1 aliphatic rings. The molecule has 1 saturated heterocycles. The second-order valence-electron chi connectivity index (χ2n) is 3.97. The van der Waals surface area contributed by atoms with Crippen LogP contribution in [0.2, 0.25) is 0 Å². The van der Waals surface area contributed by atoms with Crippen LogP contribution in [0.3, 0.4) is 0 Å². The highest BCUT2D eigenvalue weighted by Crippen LogP contribution is 2.18. The lowest BCUT2D eigenvalue weighted by atomic mass is 10.1. The highest BCUT2D eigenvalue weighted by Gasteiger charge is 2.28. The van der Waals surface area contributed by atoms with Crippen molar-refractivity contribution in [2.24, 2.45) is 5.92 Å². The van der Waals surface area contributed by atoms with E-state index in [1.165, 1.54) is 20.3 Å². The molecule has 1 atom stereocenters. The van der Waals surface area contributed by atoms with Gasteiger partial charge in [0.25, 0.3) is 0 Å². The van der Waals surface area contributed by atoms with Crippen molar-refractivity contribution < 1.29 is 19.1 Å². The summed E-state index contributed by atoms with van der Waals surface area (Å²) in [5, 5.41) is 5.13. The summed E-state index contributed by atoms with van der Waals surface area (Å²) in [5.74, 6) is -0.211. The van der Waals surface area contributed by atoms with Gasteiger partial charge in [0.05, 0.1) is 26.2 Å². The predicted octanol–water partition coefficient (Wildman–Crippen LogP) is -0.432. The normalized spacial score (nSPS) is 17.8. The molecule has 1 unspecified atom stereocenters. The summed E-state index contributed by atoms with van der Waals surface area (Å²) >= 11 is 0. The average Bonchev–Trinajstić information content (AvgIpc) is 2.85. The molecule has 2 N–H and O–H groups in total. The van der Waals surface area contributed by atoms with Crippen molar-refractivity contribution in [2.45, 2.75) is 6.42 Å². The SMILES string of the molecule is COc1cc(OC)nc(NC(=O)C2CNC(=O)C2)n1. The average molecular weight is 266 g/mol. The zero-order valence-electron chi connectivity index (χ0n) is 10.6. The Morgan fingerprint density at radius 3 is 2.47 bits per heavy atom. The van der Waals surface area contributed by atoms with Gasteiger partial charge in [-0.25, -0.2) is 0 Å². The summed E-state index contributed by atoms with van der Waals surface area (Å²) in [6, 6.07) is 1.50. The fraction of sp³-hybridized carbons (Fsp3) is 0.455. The smallest absolute Gasteiger partial charge is 0.236 e. The molecule has 1 aromatic rings. The van der Waals surface area contributed by atoms with Gasteiger partial charge >= 0.3 is 0 Å². The van der Waals surface area contributed by atoms with E-state index < -0.39 is 5.92 Å². The maximum absolute atomic E-state index is 11.9. The molecule has 2 amide bonds. The van der Waals surface area contributed by atoms with Gasteiger partial charge in [0, 0.05) is 13.0 Å². The minimum atomic E-state index is -0.409. The third kappa shape index (κ3) is 3.09. The second-order valence-corrected chi connectivity index (χ2v) is 3.97. The van der Waals surface area contributed by atoms with Crippen LogP contribution in [0.5, 0.6) is 11.8 Å². The number of rotatable bonds is 4. The standard InChI is InChI=1S/C11H14N4O4/c1-18-8-4-9(19-2)14-11(13-8)15-10(17)6-3-7(16)12-5-6/h4,6H,3,5H2,1-2H3,(H,12,16)(H,13,14,15,17). The van der Waals surface area contributed by atoms with Crippen molar-refractivity contribution in [3.8, 4) is 11.8 Å². The van der Waals surface area contributed by atoms with Gasteiger partial charge in [0.2, 0.25) is 29.5 Å². The van der Waals surface area contributed by atoms with Gasteiger partial charge in [-0.05, 0) is 0 Å². The van der Waals surface area contributed by atoms with E-state index in [9.17, 15) is 9.59 Å². The molecule has 0 spiro atoms. The molecule has 19 heavy (non-hydrogen) atoms. The quantitative estimate of drug-likeness (QED) is 0.766. The van der Waals surface area contributed by atoms with E-state index in [4.69, 9.17) is 9.47 Å². The Kier molecular flexibility index (Phi) is 3.79. The van der Waals surface area contributed by atoms with Gasteiger partial charge in [0.1, 0.15) is 0 Å². The Balaban J connectivity index is 2.09. The van der Waals surface area contributed by atoms with E-state index in [0.717, 1.165) is 0 Å². The molecule has 0 saturated carbocycles. The third-order valence-corrected chi connectivity index (χ3v) is 2.68. The van der Waals surface area contributed by atoms with Crippen LogP contribution in [-0.2, 0) is 9.59 Å². The van der Waals surface area contributed by atoms with Gasteiger partial charge in [-0.3, -0.25) is 14.9 Å². The van der Waals surface area contributed by atoms with Crippen molar-refractivity contribution in [1.82, 2.24) is 15.3 Å². The van der Waals surface area contributed by atoms with Crippen LogP contribution in [-0.4, -0.2) is 42.5 Å². The number of ether oxygens (including phenoxy) is 2. The molecule has 2 heterocycles. The van der Waals surface area contributed by atoms with Crippen LogP contribution >= 0.6 is 0 Å². The van der Waals surface area contributed by atoms with E-state index in [2.05, 4.69) is 20.6 Å². The first-order valence-corrected chi connectivity index (χ1v) is 5.67. The summed E-state index contributed by atoms with van der Waals surface area (Å²) in [4.78, 5) is 30.9. The molecule has 0 aromatic carbocycles. The highest BCUT2D eigenvalue weighted by molar-refractivity contribution is 5.96. The first kappa shape index (κ1) is 13.1. The third-order valence-electron chi connectivity index (χ3n) is 2.68. The molecule has 0 radical (unpaired) electrons. The van der Waals surface area contributed by atoms with Gasteiger partial charge < -0.3 is 14.8 Å². The Labute approximate surface area is 109 Å². The zero-order chi connectivity index (χ0) is 13.8. The molecule has 2 rings (SSSR count). The lowest BCUT2D eigenvalue weighted by molar-refractivity contribution is -0.123. The van der Waals surface area contributed by atoms with Crippen molar-refractivity contribution in [3.63, 3.8) is 0 Å². The molecule has 1 aromatic heterocycles. The van der Waals surface area contributed by atoms with E-state index in [-0.39, 0.29) is 35.9 Å². The summed E-state index contributed by atoms with van der Waals surface area (Å²) in [5.41, 5.74) is 0. The summed E-state index contributed by atoms with van der Waals surface area (Å²) < 4.78 is 9.95. The summed E-state index contributed by atoms with van der Waals surface area (Å²) in [6.45, 7) is 0.325. The van der Waals surface area contributed by atoms with E-state index in [0.29, 0.717) is 6.54 Å². The molecule has 0 bridgehead atoms. The topological polar surface area (TPSA) is 102 Å². The van der Waals surface area contributed by atoms with E-state index in [1.54, 1.807) is 0 Å². The number of aromatic nitrogens is 2. The van der Waals surface area contributed by atoms with Crippen LogP contribution in [0.25, 0.3) is 0 Å². The number of nitrogens with one attached hydrogen (secondary N) is 2. The predicted molar refractivity (Wildman–Crippen MR) is 64.9 cm³/mol. The van der Waals surface area contributed by atoms with Crippen LogP contribution < -0.4 is 20.1 Å². The van der Waals surface area contributed by atoms with Crippen LogP contribution in [0.1, 0.15) is 6.42 Å². The molecule has 0 aliphatic carbocycles. The first-order chi connectivity index (χ1) is 9.12. The maximum atomic E-state index is 11.9. The molecular weight excluding hydrogens is 252 g/mol. The van der Waals surface area contributed by atoms with Crippen LogP contribution in [0.15, 0.2) is 6.07 Å². The lowest BCUT2D eigenvalue weighted by Gasteiger charge is -2.09. The molecular formula is C11H14N4O4. The molecule has 1 fully saturated rings. The molecule has 102 valence electrons. The van der Waals surface area contributed by atoms with Gasteiger partial charge in [-0.15, -0.1) is 0 Å². The Bertz CT molecular complexity index is 483. The van der Waals surface area contributed by atoms with Crippen molar-refractivity contribution in [3.05, 3.63) is 6.07 Å². The van der Waals surface area contributed by atoms with E-state index >= 15 is 0 Å². The minimum Gasteiger partial charge on any atom is -0.481 e. The Morgan fingerprint density at radius 1 is 1.37 bits per heavy atom. The second kappa shape index (κ2) is 5.51. The van der Waals surface area contributed by atoms with Gasteiger partial charge in [0.15, 0.2) is 0 Å². The lowest BCUT2D eigenvalue weighted by Crippen LogP contribution is -2.25. The molecule has 8 nitrogen and oxygen atoms in total. The van der Waals surface area contributed by atoms with E-state index in [1.807, 2.05) is 0 Å². The number of hydrogen-bond acceptors (Lipinski definition) is 6. The number of amides is 2. The number of carbonyl (C=O) groups is 2. The first-order valence-electron chi connectivity index (χ1n) is 5.67. The number of nitrogens with zero attached hydrogens (tertiary/aromatic N) is 2. The van der Waals surface area contributed by atoms with Crippen molar-refractivity contribution in [1.29, 1.82) is 0 Å². The monoisotopic (exact) mass is 266 g/mol. The number of anilines is 1.